The number of morpholine rings is 1. The lowest BCUT2D eigenvalue weighted by Gasteiger charge is -2.46. The molecule has 6 unspecified atom stereocenters. The summed E-state index contributed by atoms with van der Waals surface area (Å²) in [4.78, 5) is 63.3. The van der Waals surface area contributed by atoms with E-state index in [0.717, 1.165) is 10.5 Å². The van der Waals surface area contributed by atoms with E-state index >= 15 is 4.79 Å². The van der Waals surface area contributed by atoms with Crippen LogP contribution in [0, 0.1) is 17.8 Å². The van der Waals surface area contributed by atoms with E-state index in [4.69, 9.17) is 14.2 Å². The van der Waals surface area contributed by atoms with Gasteiger partial charge in [0, 0.05) is 19.2 Å². The number of cyclic esters (lactones) is 1. The lowest BCUT2D eigenvalue weighted by Crippen LogP contribution is -2.53. The second kappa shape index (κ2) is 16.8. The van der Waals surface area contributed by atoms with Gasteiger partial charge < -0.3 is 24.4 Å². The highest BCUT2D eigenvalue weighted by Crippen LogP contribution is 2.66. The van der Waals surface area contributed by atoms with Gasteiger partial charge in [-0.05, 0) is 65.2 Å². The fourth-order valence-corrected chi connectivity index (χ4v) is 9.11. The molecule has 60 heavy (non-hydrogen) atoms. The van der Waals surface area contributed by atoms with Crippen LogP contribution in [0.1, 0.15) is 51.6 Å². The van der Waals surface area contributed by atoms with E-state index in [-0.39, 0.29) is 30.2 Å². The van der Waals surface area contributed by atoms with Crippen LogP contribution in [0.15, 0.2) is 133 Å². The number of imide groups is 1. The van der Waals surface area contributed by atoms with Gasteiger partial charge in [-0.15, -0.1) is 0 Å². The van der Waals surface area contributed by atoms with Crippen molar-refractivity contribution in [3.8, 4) is 17.6 Å². The Bertz CT molecular complexity index is 2450. The van der Waals surface area contributed by atoms with Crippen LogP contribution in [0.4, 0.5) is 10.5 Å². The normalized spacial score (nSPS) is 23.1. The van der Waals surface area contributed by atoms with Crippen molar-refractivity contribution in [1.82, 2.24) is 9.80 Å². The Balaban J connectivity index is 1.35. The summed E-state index contributed by atoms with van der Waals surface area (Å²) in [7, 11) is 3.39. The summed E-state index contributed by atoms with van der Waals surface area (Å²) in [5.41, 5.74) is 1.54. The van der Waals surface area contributed by atoms with Gasteiger partial charge >= 0.3 is 18.0 Å². The third kappa shape index (κ3) is 7.06. The molecule has 2 saturated heterocycles. The van der Waals surface area contributed by atoms with Gasteiger partial charge in [0.1, 0.15) is 35.8 Å². The number of amides is 2. The standard InChI is InChI=1S/C48H43N3O9/c1-49(30-32-13-6-3-7-14-32)26-12-15-31-20-25-38-37(29-31)48(46(56)50(38)47(57)59-28-27-58-2)39(44(53)54)41-45(55)60-42(34-18-10-5-11-19-34)40(33-16-8-4-9-17-33)51(41)43(48)35-21-23-36(52)24-22-35/h3-11,13-14,16-25,29,39-43,52H,26-28,30H2,1-2H3,(H,53,54). The van der Waals surface area contributed by atoms with Gasteiger partial charge in [-0.25, -0.2) is 9.69 Å². The molecule has 12 nitrogen and oxygen atoms in total. The van der Waals surface area contributed by atoms with E-state index in [2.05, 4.69) is 11.8 Å². The first-order chi connectivity index (χ1) is 29.1. The zero-order chi connectivity index (χ0) is 42.0. The van der Waals surface area contributed by atoms with Crippen LogP contribution in [0.3, 0.4) is 0 Å². The average Bonchev–Trinajstić information content (AvgIpc) is 3.71. The Morgan fingerprint density at radius 3 is 2.12 bits per heavy atom. The minimum atomic E-state index is -2.14. The van der Waals surface area contributed by atoms with Crippen LogP contribution >= 0.6 is 0 Å². The highest BCUT2D eigenvalue weighted by atomic mass is 16.6. The Morgan fingerprint density at radius 2 is 1.47 bits per heavy atom. The molecule has 8 rings (SSSR count). The second-order valence-corrected chi connectivity index (χ2v) is 15.1. The number of esters is 1. The zero-order valence-corrected chi connectivity index (χ0v) is 33.0. The minimum Gasteiger partial charge on any atom is -0.508 e. The molecule has 5 aromatic carbocycles. The summed E-state index contributed by atoms with van der Waals surface area (Å²) in [6.45, 7) is 0.921. The molecule has 2 N–H and O–H groups in total. The third-order valence-corrected chi connectivity index (χ3v) is 11.5. The molecule has 5 aromatic rings. The van der Waals surface area contributed by atoms with Crippen molar-refractivity contribution < 1.29 is 43.6 Å². The van der Waals surface area contributed by atoms with Gasteiger partial charge in [0.2, 0.25) is 5.91 Å². The predicted octanol–water partition coefficient (Wildman–Crippen LogP) is 6.41. The number of anilines is 1. The molecule has 0 bridgehead atoms. The van der Waals surface area contributed by atoms with Gasteiger partial charge in [-0.2, -0.15) is 0 Å². The number of methoxy groups -OCH3 is 1. The number of rotatable bonds is 10. The van der Waals surface area contributed by atoms with E-state index in [1.54, 1.807) is 35.2 Å². The molecule has 2 fully saturated rings. The third-order valence-electron chi connectivity index (χ3n) is 11.5. The van der Waals surface area contributed by atoms with Crippen LogP contribution in [0.5, 0.6) is 5.75 Å². The van der Waals surface area contributed by atoms with E-state index in [1.807, 2.05) is 103 Å². The smallest absolute Gasteiger partial charge is 0.421 e. The van der Waals surface area contributed by atoms with Crippen LogP contribution in [-0.2, 0) is 40.6 Å². The van der Waals surface area contributed by atoms with Gasteiger partial charge in [0.05, 0.1) is 30.9 Å². The van der Waals surface area contributed by atoms with Gasteiger partial charge in [-0.1, -0.05) is 115 Å². The number of hydrogen-bond acceptors (Lipinski definition) is 10. The first-order valence-corrected chi connectivity index (χ1v) is 19.6. The Labute approximate surface area is 347 Å². The van der Waals surface area contributed by atoms with Gasteiger partial charge in [0.15, 0.2) is 0 Å². The molecule has 3 aliphatic rings. The number of aliphatic carboxylic acids is 1. The first kappa shape index (κ1) is 40.0. The quantitative estimate of drug-likeness (QED) is 0.0918. The number of fused-ring (bicyclic) bond motifs is 3. The second-order valence-electron chi connectivity index (χ2n) is 15.1. The summed E-state index contributed by atoms with van der Waals surface area (Å²) in [5, 5.41) is 22.0. The van der Waals surface area contributed by atoms with E-state index in [1.165, 1.54) is 19.2 Å². The average molecular weight is 806 g/mol. The van der Waals surface area contributed by atoms with Crippen LogP contribution in [0.25, 0.3) is 0 Å². The Morgan fingerprint density at radius 1 is 0.817 bits per heavy atom. The number of phenolic OH excluding ortho intramolecular Hbond substituents is 1. The lowest BCUT2D eigenvalue weighted by molar-refractivity contribution is -0.179. The maximum absolute atomic E-state index is 15.7. The minimum absolute atomic E-state index is 0.0498. The summed E-state index contributed by atoms with van der Waals surface area (Å²) in [6.07, 6.45) is -1.96. The number of hydrogen-bond donors (Lipinski definition) is 2. The van der Waals surface area contributed by atoms with Crippen LogP contribution < -0.4 is 4.90 Å². The SMILES string of the molecule is COCCOC(=O)N1C(=O)C2(c3cc(C#CCN(C)Cc4ccccc4)ccc31)C(C(=O)O)C1C(=O)OC(c3ccccc3)C(c3ccccc3)N1C2c1ccc(O)cc1. The number of aromatic hydroxyl groups is 1. The number of carbonyl (C=O) groups is 4. The molecule has 1 spiro atoms. The molecule has 0 aliphatic carbocycles. The molecule has 3 aliphatic heterocycles. The highest BCUT2D eigenvalue weighted by molar-refractivity contribution is 6.23. The van der Waals surface area contributed by atoms with Crippen molar-refractivity contribution in [1.29, 1.82) is 0 Å². The van der Waals surface area contributed by atoms with Crippen molar-refractivity contribution in [3.05, 3.63) is 167 Å². The molecule has 304 valence electrons. The molecule has 6 atom stereocenters. The fourth-order valence-electron chi connectivity index (χ4n) is 9.11. The molecule has 0 aromatic heterocycles. The van der Waals surface area contributed by atoms with Crippen molar-refractivity contribution in [2.45, 2.75) is 36.2 Å². The summed E-state index contributed by atoms with van der Waals surface area (Å²) in [5.74, 6) is 1.40. The highest BCUT2D eigenvalue weighted by Gasteiger charge is 2.76. The van der Waals surface area contributed by atoms with E-state index < -0.39 is 59.5 Å². The van der Waals surface area contributed by atoms with Crippen molar-refractivity contribution in [2.24, 2.45) is 5.92 Å². The molecule has 3 heterocycles. The number of carboxylic acids is 1. The summed E-state index contributed by atoms with van der Waals surface area (Å²) in [6, 6.07) is 35.9. The van der Waals surface area contributed by atoms with Crippen molar-refractivity contribution >= 4 is 29.6 Å². The number of benzene rings is 5. The predicted molar refractivity (Wildman–Crippen MR) is 221 cm³/mol. The van der Waals surface area contributed by atoms with Crippen molar-refractivity contribution in [2.75, 3.05) is 38.8 Å². The van der Waals surface area contributed by atoms with Gasteiger partial charge in [0.25, 0.3) is 0 Å². The zero-order valence-electron chi connectivity index (χ0n) is 33.0. The molecule has 2 amide bonds. The van der Waals surface area contributed by atoms with E-state index in [0.29, 0.717) is 35.3 Å². The van der Waals surface area contributed by atoms with Crippen LogP contribution in [0.2, 0.25) is 0 Å². The number of ether oxygens (including phenoxy) is 3. The molecular weight excluding hydrogens is 763 g/mol. The molecular formula is C48H43N3O9. The molecule has 0 saturated carbocycles. The number of carboxylic acid groups (broad SMARTS) is 1. The monoisotopic (exact) mass is 805 g/mol. The number of phenols is 1. The Hall–Kier alpha value is -6.78. The largest absolute Gasteiger partial charge is 0.508 e. The molecule has 0 radical (unpaired) electrons. The van der Waals surface area contributed by atoms with E-state index in [9.17, 15) is 24.6 Å². The van der Waals surface area contributed by atoms with Gasteiger partial charge in [-0.3, -0.25) is 24.2 Å². The summed E-state index contributed by atoms with van der Waals surface area (Å²) < 4.78 is 17.0. The molecule has 12 heteroatoms. The topological polar surface area (TPSA) is 146 Å². The van der Waals surface area contributed by atoms with Crippen molar-refractivity contribution in [3.63, 3.8) is 0 Å². The van der Waals surface area contributed by atoms with Crippen LogP contribution in [-0.4, -0.2) is 83.9 Å². The fraction of sp³-hybridized carbons (Fsp3) is 0.250. The number of carbonyl (C=O) groups excluding carboxylic acids is 3. The Kier molecular flexibility index (Phi) is 11.2. The maximum atomic E-state index is 15.7. The first-order valence-electron chi connectivity index (χ1n) is 19.6. The number of nitrogens with zero attached hydrogens (tertiary/aromatic N) is 3. The summed E-state index contributed by atoms with van der Waals surface area (Å²) >= 11 is 0. The maximum Gasteiger partial charge on any atom is 0.421 e. The lowest BCUT2D eigenvalue weighted by atomic mass is 9.65.